The molecule has 0 atom stereocenters. The van der Waals surface area contributed by atoms with Crippen LogP contribution >= 0.6 is 23.1 Å². The number of rotatable bonds is 7. The van der Waals surface area contributed by atoms with E-state index in [1.54, 1.807) is 7.11 Å². The van der Waals surface area contributed by atoms with E-state index in [-0.39, 0.29) is 5.41 Å². The van der Waals surface area contributed by atoms with Crippen molar-refractivity contribution < 1.29 is 4.74 Å². The van der Waals surface area contributed by atoms with E-state index in [2.05, 4.69) is 46.7 Å². The number of hydrogen-bond donors (Lipinski definition) is 1. The van der Waals surface area contributed by atoms with Crippen LogP contribution in [0.5, 0.6) is 5.75 Å². The SMILES string of the molecule is COc1cccc(Cc2nsc(NCC(C)(C)c3ccc(Cl)cc3)n2)c1. The van der Waals surface area contributed by atoms with Crippen molar-refractivity contribution in [3.05, 3.63) is 70.5 Å². The molecule has 0 saturated heterocycles. The number of ether oxygens (including phenoxy) is 1. The molecule has 1 heterocycles. The van der Waals surface area contributed by atoms with Crippen molar-refractivity contribution in [1.29, 1.82) is 0 Å². The molecule has 2 aromatic carbocycles. The molecule has 3 rings (SSSR count). The van der Waals surface area contributed by atoms with Gasteiger partial charge in [-0.1, -0.05) is 49.7 Å². The topological polar surface area (TPSA) is 47.0 Å². The minimum atomic E-state index is -0.0385. The van der Waals surface area contributed by atoms with E-state index in [1.165, 1.54) is 17.1 Å². The van der Waals surface area contributed by atoms with Crippen LogP contribution in [0, 0.1) is 0 Å². The summed E-state index contributed by atoms with van der Waals surface area (Å²) in [7, 11) is 1.67. The van der Waals surface area contributed by atoms with Gasteiger partial charge in [-0.2, -0.15) is 4.37 Å². The molecular weight excluding hydrogens is 366 g/mol. The van der Waals surface area contributed by atoms with Gasteiger partial charge in [-0.3, -0.25) is 0 Å². The van der Waals surface area contributed by atoms with Crippen LogP contribution in [0.1, 0.15) is 30.8 Å². The molecule has 1 N–H and O–H groups in total. The summed E-state index contributed by atoms with van der Waals surface area (Å²) in [4.78, 5) is 4.61. The standard InChI is InChI=1S/C20H22ClN3OS/c1-20(2,15-7-9-16(21)10-8-15)13-22-19-23-18(24-26-19)12-14-5-4-6-17(11-14)25-3/h4-11H,12-13H2,1-3H3,(H,22,23,24). The highest BCUT2D eigenvalue weighted by molar-refractivity contribution is 7.09. The highest BCUT2D eigenvalue weighted by Crippen LogP contribution is 2.26. The molecule has 0 bridgehead atoms. The maximum atomic E-state index is 5.98. The van der Waals surface area contributed by atoms with Crippen molar-refractivity contribution in [3.63, 3.8) is 0 Å². The normalized spacial score (nSPS) is 11.4. The van der Waals surface area contributed by atoms with Gasteiger partial charge in [-0.15, -0.1) is 0 Å². The van der Waals surface area contributed by atoms with Crippen molar-refractivity contribution in [1.82, 2.24) is 9.36 Å². The molecule has 26 heavy (non-hydrogen) atoms. The van der Waals surface area contributed by atoms with Crippen molar-refractivity contribution in [3.8, 4) is 5.75 Å². The van der Waals surface area contributed by atoms with E-state index < -0.39 is 0 Å². The first-order valence-corrected chi connectivity index (χ1v) is 9.57. The fourth-order valence-corrected chi connectivity index (χ4v) is 3.37. The Labute approximate surface area is 163 Å². The van der Waals surface area contributed by atoms with E-state index in [0.717, 1.165) is 33.8 Å². The fourth-order valence-electron chi connectivity index (χ4n) is 2.66. The Bertz CT molecular complexity index is 862. The number of hydrogen-bond acceptors (Lipinski definition) is 5. The average Bonchev–Trinajstić information content (AvgIpc) is 3.08. The molecule has 3 aromatic rings. The number of anilines is 1. The number of benzene rings is 2. The summed E-state index contributed by atoms with van der Waals surface area (Å²) in [6.07, 6.45) is 0.690. The van der Waals surface area contributed by atoms with E-state index in [1.807, 2.05) is 30.3 Å². The van der Waals surface area contributed by atoms with Crippen LogP contribution in [0.3, 0.4) is 0 Å². The van der Waals surface area contributed by atoms with E-state index in [4.69, 9.17) is 16.3 Å². The molecule has 0 fully saturated rings. The van der Waals surface area contributed by atoms with Crippen LogP contribution < -0.4 is 10.1 Å². The van der Waals surface area contributed by atoms with E-state index >= 15 is 0 Å². The first kappa shape index (κ1) is 18.7. The maximum Gasteiger partial charge on any atom is 0.202 e. The molecule has 4 nitrogen and oxygen atoms in total. The summed E-state index contributed by atoms with van der Waals surface area (Å²) in [6, 6.07) is 16.0. The van der Waals surface area contributed by atoms with Crippen LogP contribution in [-0.2, 0) is 11.8 Å². The summed E-state index contributed by atoms with van der Waals surface area (Å²) in [6.45, 7) is 5.16. The van der Waals surface area contributed by atoms with Gasteiger partial charge < -0.3 is 10.1 Å². The van der Waals surface area contributed by atoms with Gasteiger partial charge in [0.2, 0.25) is 5.13 Å². The van der Waals surface area contributed by atoms with Crippen molar-refractivity contribution >= 4 is 28.3 Å². The zero-order chi connectivity index (χ0) is 18.6. The first-order valence-electron chi connectivity index (χ1n) is 8.42. The zero-order valence-corrected chi connectivity index (χ0v) is 16.7. The number of nitrogens with one attached hydrogen (secondary N) is 1. The summed E-state index contributed by atoms with van der Waals surface area (Å²) < 4.78 is 9.73. The minimum Gasteiger partial charge on any atom is -0.497 e. The molecule has 1 aromatic heterocycles. The van der Waals surface area contributed by atoms with Crippen molar-refractivity contribution in [2.24, 2.45) is 0 Å². The minimum absolute atomic E-state index is 0.0385. The van der Waals surface area contributed by atoms with Gasteiger partial charge in [0, 0.05) is 34.9 Å². The quantitative estimate of drug-likeness (QED) is 0.606. The molecule has 0 unspecified atom stereocenters. The molecule has 0 spiro atoms. The molecule has 0 saturated carbocycles. The van der Waals surface area contributed by atoms with Gasteiger partial charge in [0.25, 0.3) is 0 Å². The Morgan fingerprint density at radius 2 is 1.92 bits per heavy atom. The molecule has 6 heteroatoms. The Hall–Kier alpha value is -2.11. The Balaban J connectivity index is 1.62. The Kier molecular flexibility index (Phi) is 5.79. The van der Waals surface area contributed by atoms with Crippen LogP contribution in [0.2, 0.25) is 5.02 Å². The number of aromatic nitrogens is 2. The Morgan fingerprint density at radius 3 is 2.65 bits per heavy atom. The van der Waals surface area contributed by atoms with Crippen LogP contribution in [-0.4, -0.2) is 23.0 Å². The van der Waals surface area contributed by atoms with Crippen LogP contribution in [0.25, 0.3) is 0 Å². The number of halogens is 1. The molecule has 0 aliphatic carbocycles. The van der Waals surface area contributed by atoms with Gasteiger partial charge in [0.15, 0.2) is 0 Å². The second-order valence-corrected chi connectivity index (χ2v) is 7.98. The summed E-state index contributed by atoms with van der Waals surface area (Å²) in [5.41, 5.74) is 2.33. The highest BCUT2D eigenvalue weighted by Gasteiger charge is 2.21. The van der Waals surface area contributed by atoms with Gasteiger partial charge >= 0.3 is 0 Å². The van der Waals surface area contributed by atoms with Crippen molar-refractivity contribution in [2.75, 3.05) is 19.0 Å². The molecule has 136 valence electrons. The zero-order valence-electron chi connectivity index (χ0n) is 15.1. The monoisotopic (exact) mass is 387 g/mol. The van der Waals surface area contributed by atoms with E-state index in [0.29, 0.717) is 6.42 Å². The van der Waals surface area contributed by atoms with Gasteiger partial charge in [-0.05, 0) is 35.4 Å². The lowest BCUT2D eigenvalue weighted by Crippen LogP contribution is -2.27. The second-order valence-electron chi connectivity index (χ2n) is 6.79. The first-order chi connectivity index (χ1) is 12.5. The fraction of sp³-hybridized carbons (Fsp3) is 0.300. The third kappa shape index (κ3) is 4.74. The molecular formula is C20H22ClN3OS. The van der Waals surface area contributed by atoms with Crippen LogP contribution in [0.15, 0.2) is 48.5 Å². The maximum absolute atomic E-state index is 5.98. The third-order valence-electron chi connectivity index (χ3n) is 4.27. The average molecular weight is 388 g/mol. The van der Waals surface area contributed by atoms with Crippen molar-refractivity contribution in [2.45, 2.75) is 25.7 Å². The number of nitrogens with zero attached hydrogens (tertiary/aromatic N) is 2. The van der Waals surface area contributed by atoms with Crippen LogP contribution in [0.4, 0.5) is 5.13 Å². The lowest BCUT2D eigenvalue weighted by atomic mass is 9.85. The largest absolute Gasteiger partial charge is 0.497 e. The molecule has 0 amide bonds. The third-order valence-corrected chi connectivity index (χ3v) is 5.23. The van der Waals surface area contributed by atoms with Gasteiger partial charge in [-0.25, -0.2) is 4.98 Å². The summed E-state index contributed by atoms with van der Waals surface area (Å²) >= 11 is 7.38. The lowest BCUT2D eigenvalue weighted by Gasteiger charge is -2.25. The molecule has 0 radical (unpaired) electrons. The summed E-state index contributed by atoms with van der Waals surface area (Å²) in [5, 5.41) is 5.01. The van der Waals surface area contributed by atoms with Gasteiger partial charge in [0.1, 0.15) is 11.6 Å². The predicted molar refractivity (Wildman–Crippen MR) is 109 cm³/mol. The lowest BCUT2D eigenvalue weighted by molar-refractivity contribution is 0.414. The predicted octanol–water partition coefficient (Wildman–Crippen LogP) is 5.18. The summed E-state index contributed by atoms with van der Waals surface area (Å²) in [5.74, 6) is 1.66. The van der Waals surface area contributed by atoms with Gasteiger partial charge in [0.05, 0.1) is 7.11 Å². The molecule has 0 aliphatic rings. The smallest absolute Gasteiger partial charge is 0.202 e. The Morgan fingerprint density at radius 1 is 1.15 bits per heavy atom. The highest BCUT2D eigenvalue weighted by atomic mass is 35.5. The van der Waals surface area contributed by atoms with E-state index in [9.17, 15) is 0 Å². The second kappa shape index (κ2) is 8.06. The number of methoxy groups -OCH3 is 1. The molecule has 0 aliphatic heterocycles.